The van der Waals surface area contributed by atoms with Crippen LogP contribution >= 0.6 is 11.3 Å². The standard InChI is InChI=1S/C22H24N4O3S/c1-25-9-11-26(12-10-25)15-16-4-2-5-17(14-16)23-22(28)19-7-8-20(30-19)24-21(27)18-6-3-13-29-18/h2-8,13-14H,9-12,15H2,1H3,(H,23,28)(H,24,27). The lowest BCUT2D eigenvalue weighted by atomic mass is 10.1. The molecule has 3 heterocycles. The van der Waals surface area contributed by atoms with E-state index in [-0.39, 0.29) is 17.6 Å². The van der Waals surface area contributed by atoms with E-state index in [1.54, 1.807) is 24.3 Å². The maximum absolute atomic E-state index is 12.6. The van der Waals surface area contributed by atoms with Gasteiger partial charge < -0.3 is 20.0 Å². The van der Waals surface area contributed by atoms with Gasteiger partial charge in [0, 0.05) is 38.4 Å². The van der Waals surface area contributed by atoms with Gasteiger partial charge in [0.15, 0.2) is 5.76 Å². The van der Waals surface area contributed by atoms with Crippen molar-refractivity contribution in [2.45, 2.75) is 6.54 Å². The lowest BCUT2D eigenvalue weighted by molar-refractivity contribution is 0.0995. The van der Waals surface area contributed by atoms with E-state index in [1.165, 1.54) is 23.2 Å². The molecule has 0 aliphatic carbocycles. The van der Waals surface area contributed by atoms with Gasteiger partial charge in [-0.15, -0.1) is 11.3 Å². The average Bonchev–Trinajstić information content (AvgIpc) is 3.42. The van der Waals surface area contributed by atoms with Crippen LogP contribution < -0.4 is 10.6 Å². The maximum atomic E-state index is 12.6. The van der Waals surface area contributed by atoms with Gasteiger partial charge in [0.2, 0.25) is 0 Å². The molecular weight excluding hydrogens is 400 g/mol. The Morgan fingerprint density at radius 2 is 1.83 bits per heavy atom. The highest BCUT2D eigenvalue weighted by molar-refractivity contribution is 7.18. The minimum atomic E-state index is -0.342. The minimum absolute atomic E-state index is 0.199. The number of furan rings is 1. The molecule has 7 nitrogen and oxygen atoms in total. The van der Waals surface area contributed by atoms with Crippen molar-refractivity contribution in [3.05, 3.63) is 71.0 Å². The van der Waals surface area contributed by atoms with E-state index >= 15 is 0 Å². The summed E-state index contributed by atoms with van der Waals surface area (Å²) in [6.45, 7) is 5.13. The summed E-state index contributed by atoms with van der Waals surface area (Å²) in [5.41, 5.74) is 1.94. The molecular formula is C22H24N4O3S. The number of hydrogen-bond acceptors (Lipinski definition) is 6. The summed E-state index contributed by atoms with van der Waals surface area (Å²) in [7, 11) is 2.14. The molecule has 0 spiro atoms. The monoisotopic (exact) mass is 424 g/mol. The summed E-state index contributed by atoms with van der Waals surface area (Å²) in [6, 6.07) is 14.6. The van der Waals surface area contributed by atoms with E-state index in [1.807, 2.05) is 18.2 Å². The molecule has 1 aliphatic heterocycles. The van der Waals surface area contributed by atoms with Crippen LogP contribution in [0, 0.1) is 0 Å². The van der Waals surface area contributed by atoms with Crippen LogP contribution in [0.1, 0.15) is 25.8 Å². The smallest absolute Gasteiger partial charge is 0.291 e. The first-order chi connectivity index (χ1) is 14.6. The number of rotatable bonds is 6. The van der Waals surface area contributed by atoms with E-state index < -0.39 is 0 Å². The van der Waals surface area contributed by atoms with Gasteiger partial charge in [-0.25, -0.2) is 0 Å². The molecule has 0 saturated carbocycles. The number of benzene rings is 1. The van der Waals surface area contributed by atoms with Gasteiger partial charge in [0.05, 0.1) is 16.1 Å². The summed E-state index contributed by atoms with van der Waals surface area (Å²) >= 11 is 1.22. The molecule has 1 aromatic carbocycles. The third-order valence-corrected chi connectivity index (χ3v) is 6.00. The maximum Gasteiger partial charge on any atom is 0.291 e. The van der Waals surface area contributed by atoms with E-state index in [9.17, 15) is 9.59 Å². The largest absolute Gasteiger partial charge is 0.459 e. The molecule has 2 amide bonds. The Bertz CT molecular complexity index is 1010. The van der Waals surface area contributed by atoms with Gasteiger partial charge in [0.25, 0.3) is 11.8 Å². The zero-order valence-electron chi connectivity index (χ0n) is 16.8. The van der Waals surface area contributed by atoms with Crippen molar-refractivity contribution in [3.63, 3.8) is 0 Å². The van der Waals surface area contributed by atoms with Crippen molar-refractivity contribution < 1.29 is 14.0 Å². The molecule has 2 N–H and O–H groups in total. The second-order valence-corrected chi connectivity index (χ2v) is 8.41. The summed E-state index contributed by atoms with van der Waals surface area (Å²) in [5.74, 6) is -0.313. The van der Waals surface area contributed by atoms with Crippen LogP contribution in [0.4, 0.5) is 10.7 Å². The Hall–Kier alpha value is -2.94. The first-order valence-electron chi connectivity index (χ1n) is 9.83. The predicted octanol–water partition coefficient (Wildman–Crippen LogP) is 3.59. The van der Waals surface area contributed by atoms with Crippen LogP contribution in [0.2, 0.25) is 0 Å². The molecule has 0 radical (unpaired) electrons. The number of carbonyl (C=O) groups excluding carboxylic acids is 2. The fourth-order valence-electron chi connectivity index (χ4n) is 3.31. The number of nitrogens with one attached hydrogen (secondary N) is 2. The number of hydrogen-bond donors (Lipinski definition) is 2. The second-order valence-electron chi connectivity index (χ2n) is 7.33. The topological polar surface area (TPSA) is 77.8 Å². The summed E-state index contributed by atoms with van der Waals surface area (Å²) in [6.07, 6.45) is 1.44. The number of anilines is 2. The van der Waals surface area contributed by atoms with Crippen molar-refractivity contribution in [1.29, 1.82) is 0 Å². The number of piperazine rings is 1. The van der Waals surface area contributed by atoms with Crippen LogP contribution in [0.3, 0.4) is 0 Å². The molecule has 8 heteroatoms. The molecule has 1 fully saturated rings. The zero-order valence-corrected chi connectivity index (χ0v) is 17.6. The third-order valence-electron chi connectivity index (χ3n) is 5.00. The summed E-state index contributed by atoms with van der Waals surface area (Å²) in [5, 5.41) is 6.28. The van der Waals surface area contributed by atoms with Gasteiger partial charge in [-0.2, -0.15) is 0 Å². The highest BCUT2D eigenvalue weighted by Crippen LogP contribution is 2.24. The molecule has 156 valence electrons. The van der Waals surface area contributed by atoms with Crippen molar-refractivity contribution in [1.82, 2.24) is 9.80 Å². The normalized spacial score (nSPS) is 15.1. The van der Waals surface area contributed by atoms with E-state index in [0.29, 0.717) is 9.88 Å². The van der Waals surface area contributed by atoms with E-state index in [0.717, 1.165) is 38.4 Å². The molecule has 4 rings (SSSR count). The number of nitrogens with zero attached hydrogens (tertiary/aromatic N) is 2. The zero-order chi connectivity index (χ0) is 20.9. The SMILES string of the molecule is CN1CCN(Cc2cccc(NC(=O)c3ccc(NC(=O)c4ccco4)s3)c2)CC1. The van der Waals surface area contributed by atoms with E-state index in [2.05, 4.69) is 33.5 Å². The molecule has 1 saturated heterocycles. The molecule has 2 aromatic heterocycles. The quantitative estimate of drug-likeness (QED) is 0.632. The van der Waals surface area contributed by atoms with Gasteiger partial charge in [-0.05, 0) is 49.0 Å². The van der Waals surface area contributed by atoms with Gasteiger partial charge >= 0.3 is 0 Å². The van der Waals surface area contributed by atoms with Crippen molar-refractivity contribution >= 4 is 33.8 Å². The molecule has 1 aliphatic rings. The molecule has 0 unspecified atom stereocenters. The second kappa shape index (κ2) is 9.25. The summed E-state index contributed by atoms with van der Waals surface area (Å²) < 4.78 is 5.08. The van der Waals surface area contributed by atoms with Crippen molar-refractivity contribution in [2.75, 3.05) is 43.9 Å². The number of carbonyl (C=O) groups is 2. The predicted molar refractivity (Wildman–Crippen MR) is 118 cm³/mol. The van der Waals surface area contributed by atoms with Crippen LogP contribution in [0.15, 0.2) is 59.2 Å². The lowest BCUT2D eigenvalue weighted by Crippen LogP contribution is -2.43. The highest BCUT2D eigenvalue weighted by Gasteiger charge is 2.15. The Morgan fingerprint density at radius 3 is 2.60 bits per heavy atom. The number of thiophene rings is 1. The highest BCUT2D eigenvalue weighted by atomic mass is 32.1. The first-order valence-corrected chi connectivity index (χ1v) is 10.6. The number of likely N-dealkylation sites (N-methyl/N-ethyl adjacent to an activating group) is 1. The first kappa shape index (κ1) is 20.3. The van der Waals surface area contributed by atoms with Gasteiger partial charge in [-0.1, -0.05) is 12.1 Å². The van der Waals surface area contributed by atoms with E-state index in [4.69, 9.17) is 4.42 Å². The van der Waals surface area contributed by atoms with Crippen molar-refractivity contribution in [3.8, 4) is 0 Å². The molecule has 0 bridgehead atoms. The fraction of sp³-hybridized carbons (Fsp3) is 0.273. The lowest BCUT2D eigenvalue weighted by Gasteiger charge is -2.32. The third kappa shape index (κ3) is 5.15. The Morgan fingerprint density at radius 1 is 1.00 bits per heavy atom. The van der Waals surface area contributed by atoms with Gasteiger partial charge in [0.1, 0.15) is 0 Å². The van der Waals surface area contributed by atoms with Crippen molar-refractivity contribution in [2.24, 2.45) is 0 Å². The van der Waals surface area contributed by atoms with Gasteiger partial charge in [-0.3, -0.25) is 14.5 Å². The molecule has 0 atom stereocenters. The average molecular weight is 425 g/mol. The van der Waals surface area contributed by atoms with Crippen LogP contribution in [0.25, 0.3) is 0 Å². The fourth-order valence-corrected chi connectivity index (χ4v) is 4.11. The summed E-state index contributed by atoms with van der Waals surface area (Å²) in [4.78, 5) is 30.0. The Kier molecular flexibility index (Phi) is 6.27. The molecule has 3 aromatic rings. The Labute approximate surface area is 179 Å². The number of amides is 2. The molecule has 30 heavy (non-hydrogen) atoms. The van der Waals surface area contributed by atoms with Crippen LogP contribution in [-0.4, -0.2) is 54.8 Å². The van der Waals surface area contributed by atoms with Crippen LogP contribution in [0.5, 0.6) is 0 Å². The Balaban J connectivity index is 1.35. The minimum Gasteiger partial charge on any atom is -0.459 e. The van der Waals surface area contributed by atoms with Crippen LogP contribution in [-0.2, 0) is 6.54 Å².